The van der Waals surface area contributed by atoms with Crippen molar-refractivity contribution in [3.8, 4) is 5.75 Å². The molecular weight excluding hydrogens is 338 g/mol. The van der Waals surface area contributed by atoms with E-state index < -0.39 is 6.61 Å². The first kappa shape index (κ1) is 16.6. The highest BCUT2D eigenvalue weighted by Gasteiger charge is 2.23. The van der Waals surface area contributed by atoms with Crippen molar-refractivity contribution in [3.63, 3.8) is 0 Å². The average molecular weight is 356 g/mol. The number of para-hydroxylation sites is 1. The molecule has 0 atom stereocenters. The fourth-order valence-electron chi connectivity index (χ4n) is 3.45. The molecule has 1 amide bonds. The van der Waals surface area contributed by atoms with Crippen LogP contribution in [0.3, 0.4) is 0 Å². The summed E-state index contributed by atoms with van der Waals surface area (Å²) in [6, 6.07) is 14.3. The van der Waals surface area contributed by atoms with Crippen LogP contribution in [-0.4, -0.2) is 28.9 Å². The molecule has 1 N–H and O–H groups in total. The number of benzene rings is 2. The number of halogens is 2. The molecule has 0 saturated carbocycles. The van der Waals surface area contributed by atoms with E-state index in [9.17, 15) is 13.6 Å². The largest absolute Gasteiger partial charge is 0.435 e. The highest BCUT2D eigenvalue weighted by Crippen LogP contribution is 2.28. The lowest BCUT2D eigenvalue weighted by Crippen LogP contribution is -2.36. The SMILES string of the molecule is O=C(Cc1ccc(OC(F)F)cc1)N1CCc2[nH]c3ccccc3c2C1. The second-order valence-electron chi connectivity index (χ2n) is 6.39. The van der Waals surface area contributed by atoms with Gasteiger partial charge in [0.25, 0.3) is 0 Å². The molecule has 0 radical (unpaired) electrons. The normalized spacial score (nSPS) is 13.9. The molecule has 0 bridgehead atoms. The van der Waals surface area contributed by atoms with Gasteiger partial charge in [-0.3, -0.25) is 4.79 Å². The molecule has 1 aliphatic rings. The van der Waals surface area contributed by atoms with Crippen LogP contribution in [0.5, 0.6) is 5.75 Å². The van der Waals surface area contributed by atoms with Crippen molar-refractivity contribution >= 4 is 16.8 Å². The molecule has 4 rings (SSSR count). The Morgan fingerprint density at radius 1 is 1.15 bits per heavy atom. The number of alkyl halides is 2. The van der Waals surface area contributed by atoms with Gasteiger partial charge in [0.1, 0.15) is 5.75 Å². The monoisotopic (exact) mass is 356 g/mol. The zero-order valence-electron chi connectivity index (χ0n) is 14.0. The van der Waals surface area contributed by atoms with Crippen LogP contribution in [0.25, 0.3) is 10.9 Å². The minimum absolute atomic E-state index is 0.0310. The zero-order valence-corrected chi connectivity index (χ0v) is 14.0. The smallest absolute Gasteiger partial charge is 0.387 e. The van der Waals surface area contributed by atoms with E-state index in [1.54, 1.807) is 12.1 Å². The number of ether oxygens (including phenoxy) is 1. The summed E-state index contributed by atoms with van der Waals surface area (Å²) < 4.78 is 28.7. The number of nitrogens with zero attached hydrogens (tertiary/aromatic N) is 1. The maximum absolute atomic E-state index is 12.7. The molecular formula is C20H18F2N2O2. The van der Waals surface area contributed by atoms with Crippen molar-refractivity contribution in [2.24, 2.45) is 0 Å². The molecule has 0 saturated heterocycles. The molecule has 134 valence electrons. The van der Waals surface area contributed by atoms with Gasteiger partial charge in [-0.05, 0) is 23.8 Å². The number of carbonyl (C=O) groups excluding carboxylic acids is 1. The lowest BCUT2D eigenvalue weighted by atomic mass is 10.0. The molecule has 0 unspecified atom stereocenters. The van der Waals surface area contributed by atoms with Gasteiger partial charge in [-0.25, -0.2) is 0 Å². The Labute approximate surface area is 149 Å². The summed E-state index contributed by atoms with van der Waals surface area (Å²) in [5, 5.41) is 1.16. The van der Waals surface area contributed by atoms with Gasteiger partial charge in [-0.15, -0.1) is 0 Å². The van der Waals surface area contributed by atoms with Crippen LogP contribution >= 0.6 is 0 Å². The predicted molar refractivity (Wildman–Crippen MR) is 94.2 cm³/mol. The summed E-state index contributed by atoms with van der Waals surface area (Å²) in [6.45, 7) is -1.59. The van der Waals surface area contributed by atoms with Crippen LogP contribution in [-0.2, 0) is 24.2 Å². The summed E-state index contributed by atoms with van der Waals surface area (Å²) in [4.78, 5) is 17.9. The van der Waals surface area contributed by atoms with Gasteiger partial charge < -0.3 is 14.6 Å². The van der Waals surface area contributed by atoms with Gasteiger partial charge in [0.15, 0.2) is 0 Å². The minimum Gasteiger partial charge on any atom is -0.435 e. The third-order valence-corrected chi connectivity index (χ3v) is 4.74. The minimum atomic E-state index is -2.85. The van der Waals surface area contributed by atoms with Crippen molar-refractivity contribution in [2.75, 3.05) is 6.54 Å². The number of fused-ring (bicyclic) bond motifs is 3. The summed E-state index contributed by atoms with van der Waals surface area (Å²) in [7, 11) is 0. The van der Waals surface area contributed by atoms with E-state index >= 15 is 0 Å². The van der Waals surface area contributed by atoms with Crippen LogP contribution in [0, 0.1) is 0 Å². The number of hydrogen-bond acceptors (Lipinski definition) is 2. The first-order chi connectivity index (χ1) is 12.6. The second kappa shape index (κ2) is 6.78. The van der Waals surface area contributed by atoms with Crippen molar-refractivity contribution in [3.05, 3.63) is 65.4 Å². The topological polar surface area (TPSA) is 45.3 Å². The van der Waals surface area contributed by atoms with E-state index in [1.807, 2.05) is 23.1 Å². The van der Waals surface area contributed by atoms with Gasteiger partial charge in [0.2, 0.25) is 5.91 Å². The number of aromatic nitrogens is 1. The van der Waals surface area contributed by atoms with E-state index in [0.717, 1.165) is 22.9 Å². The van der Waals surface area contributed by atoms with Gasteiger partial charge in [-0.2, -0.15) is 8.78 Å². The summed E-state index contributed by atoms with van der Waals surface area (Å²) >= 11 is 0. The van der Waals surface area contributed by atoms with Crippen molar-refractivity contribution in [2.45, 2.75) is 26.0 Å². The Balaban J connectivity index is 1.46. The fraction of sp³-hybridized carbons (Fsp3) is 0.250. The van der Waals surface area contributed by atoms with Crippen LogP contribution in [0.1, 0.15) is 16.8 Å². The fourth-order valence-corrected chi connectivity index (χ4v) is 3.45. The van der Waals surface area contributed by atoms with Gasteiger partial charge in [-0.1, -0.05) is 30.3 Å². The van der Waals surface area contributed by atoms with E-state index in [0.29, 0.717) is 13.1 Å². The molecule has 1 aliphatic heterocycles. The van der Waals surface area contributed by atoms with Gasteiger partial charge in [0.05, 0.1) is 6.42 Å². The average Bonchev–Trinajstić information content (AvgIpc) is 3.01. The van der Waals surface area contributed by atoms with Crippen LogP contribution < -0.4 is 4.74 Å². The molecule has 26 heavy (non-hydrogen) atoms. The van der Waals surface area contributed by atoms with Gasteiger partial charge in [0, 0.05) is 41.7 Å². The lowest BCUT2D eigenvalue weighted by molar-refractivity contribution is -0.131. The quantitative estimate of drug-likeness (QED) is 0.771. The molecule has 0 aliphatic carbocycles. The second-order valence-corrected chi connectivity index (χ2v) is 6.39. The molecule has 2 heterocycles. The number of H-pyrrole nitrogens is 1. The van der Waals surface area contributed by atoms with E-state index in [2.05, 4.69) is 15.8 Å². The number of amides is 1. The van der Waals surface area contributed by atoms with E-state index in [4.69, 9.17) is 0 Å². The molecule has 2 aromatic carbocycles. The number of nitrogens with one attached hydrogen (secondary N) is 1. The van der Waals surface area contributed by atoms with Crippen LogP contribution in [0.15, 0.2) is 48.5 Å². The maximum atomic E-state index is 12.7. The molecule has 4 nitrogen and oxygen atoms in total. The molecule has 0 fully saturated rings. The van der Waals surface area contributed by atoms with Crippen LogP contribution in [0.2, 0.25) is 0 Å². The highest BCUT2D eigenvalue weighted by atomic mass is 19.3. The van der Waals surface area contributed by atoms with Gasteiger partial charge >= 0.3 is 6.61 Å². The Kier molecular flexibility index (Phi) is 4.32. The molecule has 6 heteroatoms. The number of rotatable bonds is 4. The molecule has 3 aromatic rings. The summed E-state index contributed by atoms with van der Waals surface area (Å²) in [6.07, 6.45) is 1.05. The van der Waals surface area contributed by atoms with E-state index in [1.165, 1.54) is 23.4 Å². The lowest BCUT2D eigenvalue weighted by Gasteiger charge is -2.27. The number of aromatic amines is 1. The zero-order chi connectivity index (χ0) is 18.1. The number of hydrogen-bond donors (Lipinski definition) is 1. The number of carbonyl (C=O) groups is 1. The third-order valence-electron chi connectivity index (χ3n) is 4.74. The highest BCUT2D eigenvalue weighted by molar-refractivity contribution is 5.86. The Hall–Kier alpha value is -2.89. The standard InChI is InChI=1S/C20H18F2N2O2/c21-20(22)26-14-7-5-13(6-8-14)11-19(25)24-10-9-18-16(12-24)15-3-1-2-4-17(15)23-18/h1-8,20,23H,9-12H2. The Bertz CT molecular complexity index is 935. The summed E-state index contributed by atoms with van der Waals surface area (Å²) in [5.41, 5.74) is 4.26. The Morgan fingerprint density at radius 2 is 1.92 bits per heavy atom. The van der Waals surface area contributed by atoms with Crippen molar-refractivity contribution < 1.29 is 18.3 Å². The Morgan fingerprint density at radius 3 is 2.69 bits per heavy atom. The molecule has 1 aromatic heterocycles. The summed E-state index contributed by atoms with van der Waals surface area (Å²) in [5.74, 6) is 0.126. The van der Waals surface area contributed by atoms with Crippen molar-refractivity contribution in [1.29, 1.82) is 0 Å². The van der Waals surface area contributed by atoms with Crippen molar-refractivity contribution in [1.82, 2.24) is 9.88 Å². The van der Waals surface area contributed by atoms with E-state index in [-0.39, 0.29) is 18.1 Å². The predicted octanol–water partition coefficient (Wildman–Crippen LogP) is 3.90. The first-order valence-electron chi connectivity index (χ1n) is 8.50. The maximum Gasteiger partial charge on any atom is 0.387 e. The van der Waals surface area contributed by atoms with Crippen LogP contribution in [0.4, 0.5) is 8.78 Å². The molecule has 0 spiro atoms. The first-order valence-corrected chi connectivity index (χ1v) is 8.50. The third kappa shape index (κ3) is 3.27.